The van der Waals surface area contributed by atoms with Crippen LogP contribution in [0.15, 0.2) is 23.1 Å². The number of benzene rings is 1. The van der Waals surface area contributed by atoms with Gasteiger partial charge in [-0.05, 0) is 38.5 Å². The van der Waals surface area contributed by atoms with Gasteiger partial charge in [0.1, 0.15) is 0 Å². The summed E-state index contributed by atoms with van der Waals surface area (Å²) in [5.41, 5.74) is 5.63. The topological polar surface area (TPSA) is 81.4 Å². The maximum atomic E-state index is 12.2. The first-order valence-electron chi connectivity index (χ1n) is 6.34. The van der Waals surface area contributed by atoms with E-state index in [1.54, 1.807) is 6.07 Å². The van der Waals surface area contributed by atoms with Crippen LogP contribution < -0.4 is 10.5 Å². The zero-order valence-corrected chi connectivity index (χ0v) is 13.5. The molecule has 0 bridgehead atoms. The Labute approximate surface area is 125 Å². The maximum Gasteiger partial charge on any atom is 0.240 e. The fourth-order valence-electron chi connectivity index (χ4n) is 1.65. The van der Waals surface area contributed by atoms with Crippen molar-refractivity contribution in [1.29, 1.82) is 0 Å². The van der Waals surface area contributed by atoms with Gasteiger partial charge in [0.2, 0.25) is 10.0 Å². The van der Waals surface area contributed by atoms with E-state index in [0.29, 0.717) is 17.2 Å². The Morgan fingerprint density at radius 2 is 2.05 bits per heavy atom. The van der Waals surface area contributed by atoms with Gasteiger partial charge in [0.15, 0.2) is 0 Å². The van der Waals surface area contributed by atoms with Gasteiger partial charge in [-0.2, -0.15) is 0 Å². The summed E-state index contributed by atoms with van der Waals surface area (Å²) in [5, 5.41) is 0.347. The molecule has 0 aromatic heterocycles. The second kappa shape index (κ2) is 6.87. The molecule has 0 aliphatic heterocycles. The molecule has 7 heteroatoms. The minimum absolute atomic E-state index is 0.118. The van der Waals surface area contributed by atoms with Crippen LogP contribution in [-0.2, 0) is 21.3 Å². The highest BCUT2D eigenvalue weighted by Gasteiger charge is 2.22. The number of nitrogens with two attached hydrogens (primary N) is 1. The van der Waals surface area contributed by atoms with E-state index < -0.39 is 15.6 Å². The Morgan fingerprint density at radius 1 is 1.40 bits per heavy atom. The summed E-state index contributed by atoms with van der Waals surface area (Å²) in [4.78, 5) is 0.118. The average molecular weight is 321 g/mol. The molecule has 1 rings (SSSR count). The lowest BCUT2D eigenvalue weighted by atomic mass is 10.1. The third-order valence-electron chi connectivity index (χ3n) is 2.78. The highest BCUT2D eigenvalue weighted by molar-refractivity contribution is 7.89. The van der Waals surface area contributed by atoms with Crippen molar-refractivity contribution in [3.63, 3.8) is 0 Å². The van der Waals surface area contributed by atoms with Gasteiger partial charge < -0.3 is 10.5 Å². The number of ether oxygens (including phenoxy) is 1. The van der Waals surface area contributed by atoms with Gasteiger partial charge in [-0.3, -0.25) is 0 Å². The molecule has 5 nitrogen and oxygen atoms in total. The van der Waals surface area contributed by atoms with Gasteiger partial charge in [-0.25, -0.2) is 13.1 Å². The molecular weight excluding hydrogens is 300 g/mol. The molecule has 0 amide bonds. The Kier molecular flexibility index (Phi) is 5.97. The van der Waals surface area contributed by atoms with E-state index in [2.05, 4.69) is 4.72 Å². The summed E-state index contributed by atoms with van der Waals surface area (Å²) in [6.07, 6.45) is 0. The smallest absolute Gasteiger partial charge is 0.240 e. The molecule has 1 aromatic rings. The molecule has 0 atom stereocenters. The second-order valence-electron chi connectivity index (χ2n) is 4.97. The van der Waals surface area contributed by atoms with Gasteiger partial charge in [0.05, 0.1) is 10.5 Å². The van der Waals surface area contributed by atoms with E-state index in [1.807, 2.05) is 20.8 Å². The summed E-state index contributed by atoms with van der Waals surface area (Å²) in [6.45, 7) is 6.48. The SMILES string of the molecule is CCOC(C)(C)CNS(=O)(=O)c1ccc(CN)c(Cl)c1. The van der Waals surface area contributed by atoms with E-state index in [9.17, 15) is 8.42 Å². The van der Waals surface area contributed by atoms with Crippen molar-refractivity contribution < 1.29 is 13.2 Å². The molecule has 114 valence electrons. The maximum absolute atomic E-state index is 12.2. The van der Waals surface area contributed by atoms with E-state index >= 15 is 0 Å². The molecule has 0 heterocycles. The lowest BCUT2D eigenvalue weighted by molar-refractivity contribution is -0.00515. The molecular formula is C13H21ClN2O3S. The summed E-state index contributed by atoms with van der Waals surface area (Å²) in [5.74, 6) is 0. The zero-order valence-electron chi connectivity index (χ0n) is 11.9. The summed E-state index contributed by atoms with van der Waals surface area (Å²) in [6, 6.07) is 4.51. The van der Waals surface area contributed by atoms with Gasteiger partial charge in [-0.1, -0.05) is 17.7 Å². The lowest BCUT2D eigenvalue weighted by Gasteiger charge is -2.24. The third-order valence-corrected chi connectivity index (χ3v) is 4.53. The van der Waals surface area contributed by atoms with Crippen molar-refractivity contribution in [3.05, 3.63) is 28.8 Å². The Balaban J connectivity index is 2.87. The predicted molar refractivity (Wildman–Crippen MR) is 80.2 cm³/mol. The van der Waals surface area contributed by atoms with Crippen molar-refractivity contribution in [2.24, 2.45) is 5.73 Å². The Bertz CT molecular complexity index is 559. The predicted octanol–water partition coefficient (Wildman–Crippen LogP) is 1.89. The first kappa shape index (κ1) is 17.4. The Hall–Kier alpha value is -0.660. The fraction of sp³-hybridized carbons (Fsp3) is 0.538. The molecule has 3 N–H and O–H groups in total. The van der Waals surface area contributed by atoms with Crippen molar-refractivity contribution in [1.82, 2.24) is 4.72 Å². The van der Waals surface area contributed by atoms with Gasteiger partial charge in [0, 0.05) is 24.7 Å². The van der Waals surface area contributed by atoms with Crippen molar-refractivity contribution in [2.75, 3.05) is 13.2 Å². The number of halogens is 1. The molecule has 0 saturated carbocycles. The van der Waals surface area contributed by atoms with E-state index in [0.717, 1.165) is 0 Å². The largest absolute Gasteiger partial charge is 0.375 e. The second-order valence-corrected chi connectivity index (χ2v) is 7.15. The van der Waals surface area contributed by atoms with Crippen molar-refractivity contribution >= 4 is 21.6 Å². The third kappa shape index (κ3) is 4.71. The van der Waals surface area contributed by atoms with Crippen molar-refractivity contribution in [2.45, 2.75) is 37.8 Å². The molecule has 20 heavy (non-hydrogen) atoms. The van der Waals surface area contributed by atoms with Gasteiger partial charge >= 0.3 is 0 Å². The van der Waals surface area contributed by atoms with Gasteiger partial charge in [0.25, 0.3) is 0 Å². The first-order chi connectivity index (χ1) is 9.22. The monoisotopic (exact) mass is 320 g/mol. The molecule has 1 aromatic carbocycles. The molecule has 0 aliphatic carbocycles. The van der Waals surface area contributed by atoms with E-state index in [-0.39, 0.29) is 18.0 Å². The number of hydrogen-bond acceptors (Lipinski definition) is 4. The molecule has 0 unspecified atom stereocenters. The molecule has 0 radical (unpaired) electrons. The number of nitrogens with one attached hydrogen (secondary N) is 1. The van der Waals surface area contributed by atoms with Crippen LogP contribution in [0.2, 0.25) is 5.02 Å². The fourth-order valence-corrected chi connectivity index (χ4v) is 3.20. The number of rotatable bonds is 7. The van der Waals surface area contributed by atoms with Crippen LogP contribution >= 0.6 is 11.6 Å². The lowest BCUT2D eigenvalue weighted by Crippen LogP contribution is -2.40. The molecule has 0 fully saturated rings. The summed E-state index contributed by atoms with van der Waals surface area (Å²) < 4.78 is 32.3. The minimum atomic E-state index is -3.61. The minimum Gasteiger partial charge on any atom is -0.375 e. The van der Waals surface area contributed by atoms with Crippen LogP contribution in [0.4, 0.5) is 0 Å². The highest BCUT2D eigenvalue weighted by Crippen LogP contribution is 2.20. The average Bonchev–Trinajstić information content (AvgIpc) is 2.36. The highest BCUT2D eigenvalue weighted by atomic mass is 35.5. The molecule has 0 saturated heterocycles. The molecule has 0 spiro atoms. The van der Waals surface area contributed by atoms with E-state index in [1.165, 1.54) is 12.1 Å². The number of sulfonamides is 1. The van der Waals surface area contributed by atoms with Crippen LogP contribution in [0.25, 0.3) is 0 Å². The first-order valence-corrected chi connectivity index (χ1v) is 8.20. The van der Waals surface area contributed by atoms with Crippen LogP contribution in [0.5, 0.6) is 0 Å². The Morgan fingerprint density at radius 3 is 2.55 bits per heavy atom. The van der Waals surface area contributed by atoms with Crippen LogP contribution in [0, 0.1) is 0 Å². The van der Waals surface area contributed by atoms with Crippen LogP contribution in [-0.4, -0.2) is 27.2 Å². The van der Waals surface area contributed by atoms with Gasteiger partial charge in [-0.15, -0.1) is 0 Å². The van der Waals surface area contributed by atoms with Crippen LogP contribution in [0.3, 0.4) is 0 Å². The standard InChI is InChI=1S/C13H21ClN2O3S/c1-4-19-13(2,3)9-16-20(17,18)11-6-5-10(8-15)12(14)7-11/h5-7,16H,4,8-9,15H2,1-3H3. The zero-order chi connectivity index (χ0) is 15.4. The number of hydrogen-bond donors (Lipinski definition) is 2. The normalized spacial score (nSPS) is 12.7. The summed E-state index contributed by atoms with van der Waals surface area (Å²) in [7, 11) is -3.61. The van der Waals surface area contributed by atoms with Crippen molar-refractivity contribution in [3.8, 4) is 0 Å². The summed E-state index contributed by atoms with van der Waals surface area (Å²) >= 11 is 5.98. The molecule has 0 aliphatic rings. The van der Waals surface area contributed by atoms with E-state index in [4.69, 9.17) is 22.1 Å². The quantitative estimate of drug-likeness (QED) is 0.804. The van der Waals surface area contributed by atoms with Crippen LogP contribution in [0.1, 0.15) is 26.3 Å².